The van der Waals surface area contributed by atoms with E-state index in [4.69, 9.17) is 4.74 Å². The summed E-state index contributed by atoms with van der Waals surface area (Å²) in [6, 6.07) is 13.4. The quantitative estimate of drug-likeness (QED) is 0.450. The standard InChI is InChI=1S/C21H20IN3O4S2/c1-29-16-8-10-17(11-9-16)31(27,28)25-12-2-3-19(25)20(26)24-21-23-18(13-30-21)14-4-6-15(22)7-5-14/h4-11,13,19H,2-3,12H2,1H3,(H,23,24,26). The van der Waals surface area contributed by atoms with Crippen molar-refractivity contribution in [3.8, 4) is 17.0 Å². The first kappa shape index (κ1) is 22.2. The lowest BCUT2D eigenvalue weighted by molar-refractivity contribution is -0.119. The summed E-state index contributed by atoms with van der Waals surface area (Å²) in [7, 11) is -2.27. The zero-order chi connectivity index (χ0) is 22.0. The molecule has 0 bridgehead atoms. The van der Waals surface area contributed by atoms with Crippen molar-refractivity contribution in [3.05, 3.63) is 57.5 Å². The van der Waals surface area contributed by atoms with Gasteiger partial charge >= 0.3 is 0 Å². The number of methoxy groups -OCH3 is 1. The van der Waals surface area contributed by atoms with Gasteiger partial charge in [0.2, 0.25) is 15.9 Å². The molecule has 2 aromatic carbocycles. The molecule has 1 N–H and O–H groups in total. The lowest BCUT2D eigenvalue weighted by Crippen LogP contribution is -2.43. The second kappa shape index (κ2) is 9.23. The molecule has 0 saturated carbocycles. The molecule has 4 rings (SSSR count). The molecule has 1 fully saturated rings. The average Bonchev–Trinajstić information content (AvgIpc) is 3.44. The number of aromatic nitrogens is 1. The van der Waals surface area contributed by atoms with Crippen molar-refractivity contribution in [2.24, 2.45) is 0 Å². The first-order chi connectivity index (χ1) is 14.9. The fraction of sp³-hybridized carbons (Fsp3) is 0.238. The Morgan fingerprint density at radius 1 is 1.19 bits per heavy atom. The molecule has 1 saturated heterocycles. The Kier molecular flexibility index (Phi) is 6.60. The van der Waals surface area contributed by atoms with Gasteiger partial charge in [0.15, 0.2) is 5.13 Å². The molecule has 0 aliphatic carbocycles. The third-order valence-electron chi connectivity index (χ3n) is 5.05. The molecular weight excluding hydrogens is 549 g/mol. The van der Waals surface area contributed by atoms with Crippen LogP contribution in [0.4, 0.5) is 5.13 Å². The lowest BCUT2D eigenvalue weighted by atomic mass is 10.2. The Bertz CT molecular complexity index is 1180. The third-order valence-corrected chi connectivity index (χ3v) is 8.45. The number of hydrogen-bond acceptors (Lipinski definition) is 6. The summed E-state index contributed by atoms with van der Waals surface area (Å²) in [5.74, 6) is 0.209. The second-order valence-corrected chi connectivity index (χ2v) is 11.0. The van der Waals surface area contributed by atoms with Gasteiger partial charge in [-0.3, -0.25) is 4.79 Å². The van der Waals surface area contributed by atoms with E-state index in [1.54, 1.807) is 12.1 Å². The number of rotatable bonds is 6. The predicted molar refractivity (Wildman–Crippen MR) is 129 cm³/mol. The number of ether oxygens (including phenoxy) is 1. The van der Waals surface area contributed by atoms with E-state index in [2.05, 4.69) is 32.9 Å². The molecule has 1 atom stereocenters. The van der Waals surface area contributed by atoms with Crippen molar-refractivity contribution >= 4 is 55.0 Å². The van der Waals surface area contributed by atoms with Crippen LogP contribution in [0.15, 0.2) is 58.8 Å². The number of halogens is 1. The number of carbonyl (C=O) groups excluding carboxylic acids is 1. The van der Waals surface area contributed by atoms with Crippen molar-refractivity contribution in [1.82, 2.24) is 9.29 Å². The van der Waals surface area contributed by atoms with Crippen LogP contribution in [-0.2, 0) is 14.8 Å². The van der Waals surface area contributed by atoms with Gasteiger partial charge in [0.25, 0.3) is 0 Å². The van der Waals surface area contributed by atoms with Crippen LogP contribution in [0.25, 0.3) is 11.3 Å². The van der Waals surface area contributed by atoms with Crippen LogP contribution < -0.4 is 10.1 Å². The Hall–Kier alpha value is -2.02. The topological polar surface area (TPSA) is 88.6 Å². The zero-order valence-electron chi connectivity index (χ0n) is 16.6. The molecule has 7 nitrogen and oxygen atoms in total. The van der Waals surface area contributed by atoms with Gasteiger partial charge < -0.3 is 10.1 Å². The maximum Gasteiger partial charge on any atom is 0.244 e. The van der Waals surface area contributed by atoms with E-state index in [-0.39, 0.29) is 10.8 Å². The highest BCUT2D eigenvalue weighted by Crippen LogP contribution is 2.30. The molecule has 1 aliphatic heterocycles. The summed E-state index contributed by atoms with van der Waals surface area (Å²) < 4.78 is 33.7. The van der Waals surface area contributed by atoms with Gasteiger partial charge in [-0.1, -0.05) is 12.1 Å². The minimum absolute atomic E-state index is 0.142. The Balaban J connectivity index is 1.49. The van der Waals surface area contributed by atoms with E-state index < -0.39 is 16.1 Å². The number of sulfonamides is 1. The van der Waals surface area contributed by atoms with Crippen LogP contribution in [0, 0.1) is 3.57 Å². The number of amides is 1. The van der Waals surface area contributed by atoms with Gasteiger partial charge in [0.1, 0.15) is 11.8 Å². The molecule has 3 aromatic rings. The number of benzene rings is 2. The predicted octanol–water partition coefficient (Wildman–Crippen LogP) is 4.22. The first-order valence-corrected chi connectivity index (χ1v) is 13.0. The van der Waals surface area contributed by atoms with Crippen molar-refractivity contribution in [2.75, 3.05) is 19.0 Å². The second-order valence-electron chi connectivity index (χ2n) is 6.98. The van der Waals surface area contributed by atoms with E-state index >= 15 is 0 Å². The monoisotopic (exact) mass is 569 g/mol. The molecule has 1 unspecified atom stereocenters. The summed E-state index contributed by atoms with van der Waals surface area (Å²) in [5.41, 5.74) is 1.73. The van der Waals surface area contributed by atoms with Crippen molar-refractivity contribution in [2.45, 2.75) is 23.8 Å². The number of thiazole rings is 1. The number of nitrogens with one attached hydrogen (secondary N) is 1. The zero-order valence-corrected chi connectivity index (χ0v) is 20.4. The summed E-state index contributed by atoms with van der Waals surface area (Å²) in [6.07, 6.45) is 1.09. The summed E-state index contributed by atoms with van der Waals surface area (Å²) in [4.78, 5) is 17.6. The van der Waals surface area contributed by atoms with Gasteiger partial charge in [-0.05, 0) is 71.8 Å². The largest absolute Gasteiger partial charge is 0.497 e. The molecule has 0 radical (unpaired) electrons. The summed E-state index contributed by atoms with van der Waals surface area (Å²) in [6.45, 7) is 0.304. The van der Waals surface area contributed by atoms with Crippen LogP contribution in [0.3, 0.4) is 0 Å². The third kappa shape index (κ3) is 4.76. The van der Waals surface area contributed by atoms with Gasteiger partial charge in [0.05, 0.1) is 17.7 Å². The number of hydrogen-bond donors (Lipinski definition) is 1. The minimum atomic E-state index is -3.79. The maximum atomic E-state index is 13.1. The smallest absolute Gasteiger partial charge is 0.244 e. The highest BCUT2D eigenvalue weighted by Gasteiger charge is 2.39. The van der Waals surface area contributed by atoms with E-state index in [9.17, 15) is 13.2 Å². The minimum Gasteiger partial charge on any atom is -0.497 e. The normalized spacial score (nSPS) is 16.9. The van der Waals surface area contributed by atoms with E-state index in [1.807, 2.05) is 29.6 Å². The summed E-state index contributed by atoms with van der Waals surface area (Å²) >= 11 is 3.56. The molecule has 10 heteroatoms. The molecule has 2 heterocycles. The molecular formula is C21H20IN3O4S2. The van der Waals surface area contributed by atoms with Gasteiger partial charge in [0, 0.05) is 21.1 Å². The molecule has 1 aromatic heterocycles. The maximum absolute atomic E-state index is 13.1. The van der Waals surface area contributed by atoms with Gasteiger partial charge in [-0.2, -0.15) is 4.31 Å². The molecule has 31 heavy (non-hydrogen) atoms. The fourth-order valence-corrected chi connectivity index (χ4v) is 6.18. The molecule has 1 aliphatic rings. The summed E-state index contributed by atoms with van der Waals surface area (Å²) in [5, 5.41) is 5.12. The van der Waals surface area contributed by atoms with Crippen LogP contribution >= 0.6 is 33.9 Å². The lowest BCUT2D eigenvalue weighted by Gasteiger charge is -2.23. The van der Waals surface area contributed by atoms with E-state index in [0.717, 1.165) is 14.8 Å². The van der Waals surface area contributed by atoms with Crippen molar-refractivity contribution < 1.29 is 17.9 Å². The number of nitrogens with zero attached hydrogens (tertiary/aromatic N) is 2. The molecule has 162 valence electrons. The highest BCUT2D eigenvalue weighted by atomic mass is 127. The SMILES string of the molecule is COc1ccc(S(=O)(=O)N2CCCC2C(=O)Nc2nc(-c3ccc(I)cc3)cs2)cc1. The van der Waals surface area contributed by atoms with Crippen LogP contribution in [0.2, 0.25) is 0 Å². The van der Waals surface area contributed by atoms with Crippen molar-refractivity contribution in [1.29, 1.82) is 0 Å². The van der Waals surface area contributed by atoms with E-state index in [1.165, 1.54) is 34.9 Å². The van der Waals surface area contributed by atoms with E-state index in [0.29, 0.717) is 30.3 Å². The van der Waals surface area contributed by atoms with Crippen LogP contribution in [-0.4, -0.2) is 43.3 Å². The van der Waals surface area contributed by atoms with Gasteiger partial charge in [-0.25, -0.2) is 13.4 Å². The molecule has 0 spiro atoms. The average molecular weight is 569 g/mol. The van der Waals surface area contributed by atoms with Crippen LogP contribution in [0.5, 0.6) is 5.75 Å². The first-order valence-electron chi connectivity index (χ1n) is 9.57. The van der Waals surface area contributed by atoms with Gasteiger partial charge in [-0.15, -0.1) is 11.3 Å². The highest BCUT2D eigenvalue weighted by molar-refractivity contribution is 14.1. The number of carbonyl (C=O) groups is 1. The molecule has 1 amide bonds. The van der Waals surface area contributed by atoms with Crippen LogP contribution in [0.1, 0.15) is 12.8 Å². The Morgan fingerprint density at radius 3 is 2.58 bits per heavy atom. The Labute approximate surface area is 198 Å². The Morgan fingerprint density at radius 2 is 1.90 bits per heavy atom. The number of anilines is 1. The fourth-order valence-electron chi connectivity index (χ4n) is 3.45. The van der Waals surface area contributed by atoms with Crippen molar-refractivity contribution in [3.63, 3.8) is 0 Å².